The molecule has 3 rings (SSSR count). The zero-order valence-corrected chi connectivity index (χ0v) is 7.94. The molecule has 0 spiro atoms. The summed E-state index contributed by atoms with van der Waals surface area (Å²) in [7, 11) is 1.32. The number of hydrogen-bond acceptors (Lipinski definition) is 3. The number of fused-ring (bicyclic) bond motifs is 1. The molecular weight excluding hydrogens is 179 g/mol. The fraction of sp³-hybridized carbons (Fsp3) is 0.400. The first kappa shape index (κ1) is 9.40. The van der Waals surface area contributed by atoms with Gasteiger partial charge in [0.05, 0.1) is 0 Å². The van der Waals surface area contributed by atoms with Crippen LogP contribution in [0.25, 0.3) is 0 Å². The maximum Gasteiger partial charge on any atom is 0.658 e. The Kier molecular flexibility index (Phi) is 3.30. The van der Waals surface area contributed by atoms with E-state index in [9.17, 15) is 0 Å². The molecule has 2 aliphatic heterocycles. The minimum atomic E-state index is 0.789. The summed E-state index contributed by atoms with van der Waals surface area (Å²) in [4.78, 5) is 0. The first-order chi connectivity index (χ1) is 6.97. The summed E-state index contributed by atoms with van der Waals surface area (Å²) in [5.74, 6) is 1.58. The van der Waals surface area contributed by atoms with Gasteiger partial charge in [-0.1, -0.05) is 12.1 Å². The Balaban J connectivity index is 0.000000128. The molecule has 3 nitrogen and oxygen atoms in total. The third-order valence-electron chi connectivity index (χ3n) is 2.03. The Labute approximate surface area is 84.3 Å². The van der Waals surface area contributed by atoms with Gasteiger partial charge >= 0.3 is 7.69 Å². The van der Waals surface area contributed by atoms with Gasteiger partial charge in [0.15, 0.2) is 0 Å². The second-order valence-electron chi connectivity index (χ2n) is 3.10. The van der Waals surface area contributed by atoms with Crippen molar-refractivity contribution in [1.29, 1.82) is 0 Å². The van der Waals surface area contributed by atoms with Gasteiger partial charge < -0.3 is 14.0 Å². The highest BCUT2D eigenvalue weighted by Gasteiger charge is 2.14. The van der Waals surface area contributed by atoms with Crippen molar-refractivity contribution in [1.82, 2.24) is 0 Å². The van der Waals surface area contributed by atoms with E-state index in [0.29, 0.717) is 0 Å². The number of rotatable bonds is 0. The van der Waals surface area contributed by atoms with Crippen LogP contribution < -0.4 is 9.31 Å². The summed E-state index contributed by atoms with van der Waals surface area (Å²) in [6.45, 7) is 2.00. The molecule has 1 fully saturated rings. The fourth-order valence-electron chi connectivity index (χ4n) is 1.28. The normalized spacial score (nSPS) is 16.9. The maximum atomic E-state index is 4.95. The van der Waals surface area contributed by atoms with E-state index in [4.69, 9.17) is 14.0 Å². The average Bonchev–Trinajstić information content (AvgIpc) is 2.92. The van der Waals surface area contributed by atoms with Gasteiger partial charge in [0, 0.05) is 13.2 Å². The first-order valence-electron chi connectivity index (χ1n) is 4.78. The molecule has 0 N–H and O–H groups in total. The number of ether oxygens (including phenoxy) is 1. The third-order valence-corrected chi connectivity index (χ3v) is 2.03. The van der Waals surface area contributed by atoms with E-state index in [0.717, 1.165) is 24.7 Å². The fourth-order valence-corrected chi connectivity index (χ4v) is 1.28. The van der Waals surface area contributed by atoms with E-state index < -0.39 is 0 Å². The topological polar surface area (TPSA) is 27.7 Å². The van der Waals surface area contributed by atoms with Crippen molar-refractivity contribution >= 4 is 7.69 Å². The molecule has 14 heavy (non-hydrogen) atoms. The summed E-state index contributed by atoms with van der Waals surface area (Å²) in [5.41, 5.74) is 0. The molecular formula is C10H12BO3. The van der Waals surface area contributed by atoms with Crippen molar-refractivity contribution in [2.24, 2.45) is 0 Å². The minimum Gasteiger partial charge on any atom is -0.524 e. The molecule has 0 unspecified atom stereocenters. The van der Waals surface area contributed by atoms with Crippen molar-refractivity contribution in [3.05, 3.63) is 24.3 Å². The summed E-state index contributed by atoms with van der Waals surface area (Å²) in [6, 6.07) is 7.53. The lowest BCUT2D eigenvalue weighted by Crippen LogP contribution is -1.99. The molecule has 73 valence electrons. The van der Waals surface area contributed by atoms with Crippen molar-refractivity contribution in [2.75, 3.05) is 13.2 Å². The lowest BCUT2D eigenvalue weighted by molar-refractivity contribution is 0.198. The molecule has 0 amide bonds. The van der Waals surface area contributed by atoms with E-state index in [2.05, 4.69) is 0 Å². The van der Waals surface area contributed by atoms with Crippen LogP contribution in [0, 0.1) is 0 Å². The Bertz CT molecular complexity index is 256. The molecule has 0 aromatic heterocycles. The van der Waals surface area contributed by atoms with Gasteiger partial charge in [0.2, 0.25) is 0 Å². The van der Waals surface area contributed by atoms with Crippen molar-refractivity contribution in [3.8, 4) is 11.5 Å². The molecule has 1 saturated heterocycles. The molecule has 2 aliphatic rings. The highest BCUT2D eigenvalue weighted by molar-refractivity contribution is 6.22. The van der Waals surface area contributed by atoms with Crippen molar-refractivity contribution in [3.63, 3.8) is 0 Å². The second-order valence-corrected chi connectivity index (χ2v) is 3.10. The zero-order chi connectivity index (χ0) is 9.64. The zero-order valence-electron chi connectivity index (χ0n) is 7.94. The Hall–Kier alpha value is -1.16. The molecule has 1 aromatic rings. The van der Waals surface area contributed by atoms with Crippen LogP contribution >= 0.6 is 0 Å². The average molecular weight is 191 g/mol. The molecule has 1 aromatic carbocycles. The molecule has 1 radical (unpaired) electrons. The number of benzene rings is 1. The second kappa shape index (κ2) is 4.91. The van der Waals surface area contributed by atoms with Gasteiger partial charge in [-0.15, -0.1) is 0 Å². The van der Waals surface area contributed by atoms with Gasteiger partial charge in [0.1, 0.15) is 11.5 Å². The van der Waals surface area contributed by atoms with Crippen LogP contribution in [-0.2, 0) is 4.74 Å². The van der Waals surface area contributed by atoms with Crippen LogP contribution in [-0.4, -0.2) is 20.9 Å². The van der Waals surface area contributed by atoms with Crippen LogP contribution in [0.2, 0.25) is 0 Å². The van der Waals surface area contributed by atoms with Crippen LogP contribution in [0.1, 0.15) is 12.8 Å². The van der Waals surface area contributed by atoms with Crippen LogP contribution in [0.4, 0.5) is 0 Å². The standard InChI is InChI=1S/C6H4BO2.C4H8O/c1-2-4-6-5(3-1)8-7-9-6;1-2-4-5-3-1/h1-4H;1-4H2. The molecule has 0 atom stereocenters. The SMILES string of the molecule is C1CCOC1.[B]1Oc2ccccc2O1. The smallest absolute Gasteiger partial charge is 0.524 e. The lowest BCUT2D eigenvalue weighted by Gasteiger charge is -1.92. The predicted octanol–water partition coefficient (Wildman–Crippen LogP) is 1.79. The molecule has 2 heterocycles. The van der Waals surface area contributed by atoms with Gasteiger partial charge in [-0.3, -0.25) is 0 Å². The molecule has 0 aliphatic carbocycles. The van der Waals surface area contributed by atoms with Gasteiger partial charge in [0.25, 0.3) is 0 Å². The number of hydrogen-bond donors (Lipinski definition) is 0. The molecule has 0 saturated carbocycles. The van der Waals surface area contributed by atoms with E-state index in [1.54, 1.807) is 0 Å². The third kappa shape index (κ3) is 2.42. The summed E-state index contributed by atoms with van der Waals surface area (Å²) < 4.78 is 14.8. The Morgan fingerprint density at radius 3 is 1.93 bits per heavy atom. The van der Waals surface area contributed by atoms with E-state index in [1.807, 2.05) is 24.3 Å². The molecule has 4 heteroatoms. The van der Waals surface area contributed by atoms with Gasteiger partial charge in [-0.2, -0.15) is 0 Å². The number of para-hydroxylation sites is 2. The van der Waals surface area contributed by atoms with Crippen molar-refractivity contribution in [2.45, 2.75) is 12.8 Å². The summed E-state index contributed by atoms with van der Waals surface area (Å²) >= 11 is 0. The lowest BCUT2D eigenvalue weighted by atomic mass is 10.3. The minimum absolute atomic E-state index is 0.789. The molecule has 0 bridgehead atoms. The van der Waals surface area contributed by atoms with E-state index >= 15 is 0 Å². The first-order valence-corrected chi connectivity index (χ1v) is 4.78. The predicted molar refractivity (Wildman–Crippen MR) is 53.5 cm³/mol. The highest BCUT2D eigenvalue weighted by atomic mass is 16.6. The highest BCUT2D eigenvalue weighted by Crippen LogP contribution is 2.29. The van der Waals surface area contributed by atoms with Crippen LogP contribution in [0.5, 0.6) is 11.5 Å². The largest absolute Gasteiger partial charge is 0.658 e. The van der Waals surface area contributed by atoms with E-state index in [-0.39, 0.29) is 0 Å². The Morgan fingerprint density at radius 1 is 0.929 bits per heavy atom. The van der Waals surface area contributed by atoms with Gasteiger partial charge in [-0.05, 0) is 25.0 Å². The van der Waals surface area contributed by atoms with Crippen molar-refractivity contribution < 1.29 is 14.0 Å². The summed E-state index contributed by atoms with van der Waals surface area (Å²) in [6.07, 6.45) is 2.56. The monoisotopic (exact) mass is 191 g/mol. The Morgan fingerprint density at radius 2 is 1.50 bits per heavy atom. The van der Waals surface area contributed by atoms with Crippen LogP contribution in [0.3, 0.4) is 0 Å². The maximum absolute atomic E-state index is 4.95. The van der Waals surface area contributed by atoms with Gasteiger partial charge in [-0.25, -0.2) is 0 Å². The quantitative estimate of drug-likeness (QED) is 0.585. The van der Waals surface area contributed by atoms with E-state index in [1.165, 1.54) is 20.5 Å². The van der Waals surface area contributed by atoms with Crippen LogP contribution in [0.15, 0.2) is 24.3 Å². The summed E-state index contributed by atoms with van der Waals surface area (Å²) in [5, 5.41) is 0.